The summed E-state index contributed by atoms with van der Waals surface area (Å²) >= 11 is 5.98. The second kappa shape index (κ2) is 6.64. The number of benzene rings is 1. The van der Waals surface area contributed by atoms with Gasteiger partial charge in [0.05, 0.1) is 19.0 Å². The van der Waals surface area contributed by atoms with Crippen molar-refractivity contribution < 1.29 is 5.11 Å². The molecule has 0 spiro atoms. The predicted molar refractivity (Wildman–Crippen MR) is 89.3 cm³/mol. The Morgan fingerprint density at radius 1 is 1.13 bits per heavy atom. The van der Waals surface area contributed by atoms with Crippen LogP contribution in [0.15, 0.2) is 36.7 Å². The van der Waals surface area contributed by atoms with Crippen LogP contribution in [0, 0.1) is 6.92 Å². The smallest absolute Gasteiger partial charge is 0.153 e. The minimum atomic E-state index is -0.125. The average molecular weight is 331 g/mol. The number of aliphatic hydroxyl groups is 1. The van der Waals surface area contributed by atoms with Crippen molar-refractivity contribution in [1.82, 2.24) is 20.2 Å². The number of nitrogens with one attached hydrogen (secondary N) is 3. The Hall–Kier alpha value is -2.64. The van der Waals surface area contributed by atoms with Gasteiger partial charge in [0.2, 0.25) is 0 Å². The highest BCUT2D eigenvalue weighted by Gasteiger charge is 2.05. The lowest BCUT2D eigenvalue weighted by molar-refractivity contribution is 0.282. The molecular formula is C15H15ClN6O. The molecule has 0 saturated carbocycles. The molecule has 0 bridgehead atoms. The van der Waals surface area contributed by atoms with Gasteiger partial charge in [-0.1, -0.05) is 11.6 Å². The van der Waals surface area contributed by atoms with Crippen LogP contribution in [0.25, 0.3) is 0 Å². The molecule has 23 heavy (non-hydrogen) atoms. The van der Waals surface area contributed by atoms with Crippen molar-refractivity contribution in [2.24, 2.45) is 0 Å². The number of halogens is 1. The third-order valence-corrected chi connectivity index (χ3v) is 3.45. The van der Waals surface area contributed by atoms with Gasteiger partial charge in [-0.3, -0.25) is 10.1 Å². The molecule has 118 valence electrons. The van der Waals surface area contributed by atoms with Gasteiger partial charge in [-0.05, 0) is 30.7 Å². The van der Waals surface area contributed by atoms with Crippen LogP contribution < -0.4 is 10.6 Å². The van der Waals surface area contributed by atoms with Gasteiger partial charge in [0.1, 0.15) is 0 Å². The maximum atomic E-state index is 9.26. The molecule has 0 aliphatic carbocycles. The van der Waals surface area contributed by atoms with E-state index in [1.807, 2.05) is 13.0 Å². The molecule has 0 saturated heterocycles. The van der Waals surface area contributed by atoms with Gasteiger partial charge in [0.15, 0.2) is 17.5 Å². The van der Waals surface area contributed by atoms with Crippen molar-refractivity contribution in [2.75, 3.05) is 10.6 Å². The fourth-order valence-corrected chi connectivity index (χ4v) is 2.20. The van der Waals surface area contributed by atoms with Crippen molar-refractivity contribution in [3.8, 4) is 0 Å². The summed E-state index contributed by atoms with van der Waals surface area (Å²) in [6, 6.07) is 7.16. The molecule has 2 heterocycles. The molecule has 1 aromatic carbocycles. The van der Waals surface area contributed by atoms with Crippen LogP contribution in [0.5, 0.6) is 0 Å². The molecule has 0 amide bonds. The molecule has 0 radical (unpaired) electrons. The SMILES string of the molecule is Cc1cc(Nc2cncc(Nc3ccc(Cl)c(CO)c3)n2)n[nH]1. The first-order valence-electron chi connectivity index (χ1n) is 6.91. The number of anilines is 4. The molecule has 3 aromatic rings. The molecule has 0 atom stereocenters. The fraction of sp³-hybridized carbons (Fsp3) is 0.133. The van der Waals surface area contributed by atoms with Crippen molar-refractivity contribution in [1.29, 1.82) is 0 Å². The summed E-state index contributed by atoms with van der Waals surface area (Å²) in [6.07, 6.45) is 3.21. The van der Waals surface area contributed by atoms with Crippen LogP contribution in [0.2, 0.25) is 5.02 Å². The summed E-state index contributed by atoms with van der Waals surface area (Å²) in [6.45, 7) is 1.79. The minimum Gasteiger partial charge on any atom is -0.392 e. The van der Waals surface area contributed by atoms with Crippen molar-refractivity contribution in [3.05, 3.63) is 52.9 Å². The number of nitrogens with zero attached hydrogens (tertiary/aromatic N) is 3. The van der Waals surface area contributed by atoms with Gasteiger partial charge in [-0.15, -0.1) is 0 Å². The molecule has 8 heteroatoms. The zero-order valence-corrected chi connectivity index (χ0v) is 13.1. The Morgan fingerprint density at radius 2 is 1.91 bits per heavy atom. The highest BCUT2D eigenvalue weighted by molar-refractivity contribution is 6.31. The quantitative estimate of drug-likeness (QED) is 0.573. The van der Waals surface area contributed by atoms with Gasteiger partial charge in [-0.2, -0.15) is 5.10 Å². The van der Waals surface area contributed by atoms with Crippen LogP contribution in [0.1, 0.15) is 11.3 Å². The summed E-state index contributed by atoms with van der Waals surface area (Å²) < 4.78 is 0. The summed E-state index contributed by atoms with van der Waals surface area (Å²) in [5, 5.41) is 22.9. The van der Waals surface area contributed by atoms with E-state index in [1.165, 1.54) is 0 Å². The monoisotopic (exact) mass is 330 g/mol. The molecule has 0 unspecified atom stereocenters. The number of aliphatic hydroxyl groups excluding tert-OH is 1. The maximum Gasteiger partial charge on any atom is 0.153 e. The number of hydrogen-bond donors (Lipinski definition) is 4. The molecular weight excluding hydrogens is 316 g/mol. The molecule has 3 rings (SSSR count). The molecule has 2 aromatic heterocycles. The van der Waals surface area contributed by atoms with Gasteiger partial charge >= 0.3 is 0 Å². The Balaban J connectivity index is 1.77. The average Bonchev–Trinajstić information content (AvgIpc) is 2.94. The molecule has 4 N–H and O–H groups in total. The Kier molecular flexibility index (Phi) is 4.40. The fourth-order valence-electron chi connectivity index (χ4n) is 2.02. The number of hydrogen-bond acceptors (Lipinski definition) is 6. The lowest BCUT2D eigenvalue weighted by Gasteiger charge is -2.09. The van der Waals surface area contributed by atoms with E-state index in [4.69, 9.17) is 11.6 Å². The number of aromatic nitrogens is 4. The summed E-state index contributed by atoms with van der Waals surface area (Å²) in [5.74, 6) is 1.80. The molecule has 0 fully saturated rings. The number of aryl methyl sites for hydroxylation is 1. The molecule has 7 nitrogen and oxygen atoms in total. The van der Waals surface area contributed by atoms with Crippen LogP contribution >= 0.6 is 11.6 Å². The third kappa shape index (κ3) is 3.77. The van der Waals surface area contributed by atoms with Gasteiger partial charge in [0, 0.05) is 22.5 Å². The zero-order chi connectivity index (χ0) is 16.2. The van der Waals surface area contributed by atoms with E-state index in [1.54, 1.807) is 30.6 Å². The lowest BCUT2D eigenvalue weighted by atomic mass is 10.2. The van der Waals surface area contributed by atoms with E-state index in [2.05, 4.69) is 30.8 Å². The number of H-pyrrole nitrogens is 1. The first-order valence-corrected chi connectivity index (χ1v) is 7.29. The Labute approximate surface area is 137 Å². The second-order valence-electron chi connectivity index (χ2n) is 4.94. The third-order valence-electron chi connectivity index (χ3n) is 3.09. The van der Waals surface area contributed by atoms with E-state index < -0.39 is 0 Å². The van der Waals surface area contributed by atoms with E-state index in [-0.39, 0.29) is 6.61 Å². The van der Waals surface area contributed by atoms with Gasteiger partial charge in [-0.25, -0.2) is 4.98 Å². The van der Waals surface area contributed by atoms with Crippen molar-refractivity contribution >= 4 is 34.7 Å². The standard InChI is InChI=1S/C15H15ClN6O/c1-9-4-13(22-21-9)19-15-7-17-6-14(20-15)18-11-2-3-12(16)10(5-11)8-23/h2-7,23H,8H2,1H3,(H3,18,19,20,21,22). The highest BCUT2D eigenvalue weighted by Crippen LogP contribution is 2.23. The summed E-state index contributed by atoms with van der Waals surface area (Å²) in [5.41, 5.74) is 2.36. The Morgan fingerprint density at radius 3 is 2.61 bits per heavy atom. The van der Waals surface area contributed by atoms with Gasteiger partial charge < -0.3 is 15.7 Å². The van der Waals surface area contributed by atoms with Crippen molar-refractivity contribution in [3.63, 3.8) is 0 Å². The molecule has 0 aliphatic rings. The van der Waals surface area contributed by atoms with Crippen LogP contribution in [-0.4, -0.2) is 25.3 Å². The van der Waals surface area contributed by atoms with Crippen LogP contribution in [0.4, 0.5) is 23.1 Å². The lowest BCUT2D eigenvalue weighted by Crippen LogP contribution is -2.00. The molecule has 0 aliphatic heterocycles. The van der Waals surface area contributed by atoms with E-state index >= 15 is 0 Å². The number of aromatic amines is 1. The normalized spacial score (nSPS) is 10.6. The largest absolute Gasteiger partial charge is 0.392 e. The van der Waals surface area contributed by atoms with Gasteiger partial charge in [0.25, 0.3) is 0 Å². The minimum absolute atomic E-state index is 0.125. The highest BCUT2D eigenvalue weighted by atomic mass is 35.5. The second-order valence-corrected chi connectivity index (χ2v) is 5.35. The summed E-state index contributed by atoms with van der Waals surface area (Å²) in [7, 11) is 0. The zero-order valence-electron chi connectivity index (χ0n) is 12.3. The first kappa shape index (κ1) is 15.3. The van der Waals surface area contributed by atoms with E-state index in [9.17, 15) is 5.11 Å². The van der Waals surface area contributed by atoms with Crippen LogP contribution in [-0.2, 0) is 6.61 Å². The van der Waals surface area contributed by atoms with Crippen LogP contribution in [0.3, 0.4) is 0 Å². The summed E-state index contributed by atoms with van der Waals surface area (Å²) in [4.78, 5) is 8.56. The van der Waals surface area contributed by atoms with E-state index in [0.717, 1.165) is 11.4 Å². The Bertz CT molecular complexity index is 819. The first-order chi connectivity index (χ1) is 11.1. The maximum absolute atomic E-state index is 9.26. The van der Waals surface area contributed by atoms with E-state index in [0.29, 0.717) is 28.0 Å². The van der Waals surface area contributed by atoms with Crippen molar-refractivity contribution in [2.45, 2.75) is 13.5 Å². The topological polar surface area (TPSA) is 98.8 Å². The predicted octanol–water partition coefficient (Wildman–Crippen LogP) is 3.14. The number of rotatable bonds is 5.